The number of amides is 1. The van der Waals surface area contributed by atoms with E-state index in [0.29, 0.717) is 16.0 Å². The van der Waals surface area contributed by atoms with Crippen LogP contribution < -0.4 is 4.80 Å². The van der Waals surface area contributed by atoms with E-state index in [0.717, 1.165) is 22.4 Å². The molecule has 0 unspecified atom stereocenters. The van der Waals surface area contributed by atoms with Crippen LogP contribution in [-0.4, -0.2) is 29.6 Å². The number of hydrogen-bond acceptors (Lipinski definition) is 6. The number of thiazole rings is 1. The van der Waals surface area contributed by atoms with Crippen molar-refractivity contribution in [2.45, 2.75) is 31.7 Å². The lowest BCUT2D eigenvalue weighted by molar-refractivity contribution is -0.384. The molecule has 1 amide bonds. The number of benzene rings is 2. The fraction of sp³-hybridized carbons (Fsp3) is 0.263. The summed E-state index contributed by atoms with van der Waals surface area (Å²) >= 11 is 1.16. The molecule has 0 bridgehead atoms. The maximum absolute atomic E-state index is 12.4. The maximum Gasteiger partial charge on any atom is 0.270 e. The van der Waals surface area contributed by atoms with E-state index in [4.69, 9.17) is 0 Å². The first-order valence-corrected chi connectivity index (χ1v) is 11.3. The number of aromatic nitrogens is 1. The molecule has 2 aromatic carbocycles. The SMILES string of the molecule is CCn1c(=NC(=O)CCS(=O)(=O)c2ccc(C)cc2)sc2cc([N+](=O)[O-])ccc21. The second-order valence-electron chi connectivity index (χ2n) is 6.43. The average molecular weight is 434 g/mol. The number of nitro benzene ring substituents is 1. The zero-order chi connectivity index (χ0) is 21.2. The van der Waals surface area contributed by atoms with Crippen molar-refractivity contribution in [3.05, 3.63) is 62.9 Å². The third-order valence-electron chi connectivity index (χ3n) is 4.38. The van der Waals surface area contributed by atoms with E-state index in [1.54, 1.807) is 22.8 Å². The molecule has 0 atom stereocenters. The summed E-state index contributed by atoms with van der Waals surface area (Å²) in [6.07, 6.45) is -0.242. The van der Waals surface area contributed by atoms with Gasteiger partial charge in [0.1, 0.15) is 0 Å². The van der Waals surface area contributed by atoms with Gasteiger partial charge in [0.15, 0.2) is 14.6 Å². The highest BCUT2D eigenvalue weighted by molar-refractivity contribution is 7.91. The highest BCUT2D eigenvalue weighted by Gasteiger charge is 2.17. The quantitative estimate of drug-likeness (QED) is 0.438. The predicted octanol–water partition coefficient (Wildman–Crippen LogP) is 3.23. The zero-order valence-corrected chi connectivity index (χ0v) is 17.5. The minimum atomic E-state index is -3.58. The third kappa shape index (κ3) is 4.60. The lowest BCUT2D eigenvalue weighted by Crippen LogP contribution is -2.17. The number of carbonyl (C=O) groups is 1. The van der Waals surface area contributed by atoms with E-state index in [-0.39, 0.29) is 22.8 Å². The summed E-state index contributed by atoms with van der Waals surface area (Å²) in [5.41, 5.74) is 1.65. The van der Waals surface area contributed by atoms with E-state index in [2.05, 4.69) is 4.99 Å². The third-order valence-corrected chi connectivity index (χ3v) is 7.15. The number of non-ortho nitro benzene ring substituents is 1. The highest BCUT2D eigenvalue weighted by Crippen LogP contribution is 2.23. The molecular formula is C19H19N3O5S2. The maximum atomic E-state index is 12.4. The smallest absolute Gasteiger partial charge is 0.270 e. The van der Waals surface area contributed by atoms with Crippen LogP contribution in [0.4, 0.5) is 5.69 Å². The Labute approximate surface area is 171 Å². The van der Waals surface area contributed by atoms with Gasteiger partial charge in [0, 0.05) is 25.1 Å². The monoisotopic (exact) mass is 433 g/mol. The molecular weight excluding hydrogens is 414 g/mol. The van der Waals surface area contributed by atoms with Crippen LogP contribution in [0.3, 0.4) is 0 Å². The van der Waals surface area contributed by atoms with Gasteiger partial charge in [0.25, 0.3) is 5.69 Å². The van der Waals surface area contributed by atoms with Crippen molar-refractivity contribution in [2.75, 3.05) is 5.75 Å². The summed E-state index contributed by atoms with van der Waals surface area (Å²) in [5.74, 6) is -0.884. The first kappa shape index (κ1) is 20.9. The molecule has 0 N–H and O–H groups in total. The first-order valence-electron chi connectivity index (χ1n) is 8.86. The van der Waals surface area contributed by atoms with Crippen molar-refractivity contribution in [2.24, 2.45) is 4.99 Å². The van der Waals surface area contributed by atoms with E-state index in [1.807, 2.05) is 13.8 Å². The lowest BCUT2D eigenvalue weighted by atomic mass is 10.2. The van der Waals surface area contributed by atoms with Crippen LogP contribution in [0.1, 0.15) is 18.9 Å². The summed E-state index contributed by atoms with van der Waals surface area (Å²) < 4.78 is 27.2. The summed E-state index contributed by atoms with van der Waals surface area (Å²) in [5, 5.41) is 11.0. The molecule has 0 fully saturated rings. The fourth-order valence-corrected chi connectivity index (χ4v) is 5.19. The number of aryl methyl sites for hydroxylation is 2. The largest absolute Gasteiger partial charge is 0.317 e. The lowest BCUT2D eigenvalue weighted by Gasteiger charge is -2.03. The summed E-state index contributed by atoms with van der Waals surface area (Å²) in [6, 6.07) is 10.9. The van der Waals surface area contributed by atoms with Crippen molar-refractivity contribution in [1.82, 2.24) is 4.57 Å². The number of nitro groups is 1. The molecule has 0 aliphatic rings. The van der Waals surface area contributed by atoms with Gasteiger partial charge in [-0.2, -0.15) is 4.99 Å². The van der Waals surface area contributed by atoms with E-state index in [9.17, 15) is 23.3 Å². The molecule has 3 aromatic rings. The van der Waals surface area contributed by atoms with Gasteiger partial charge in [-0.1, -0.05) is 29.0 Å². The standard InChI is InChI=1S/C19H19N3O5S2/c1-3-21-16-9-6-14(22(24)25)12-17(16)28-19(21)20-18(23)10-11-29(26,27)15-7-4-13(2)5-8-15/h4-9,12H,3,10-11H2,1-2H3. The Morgan fingerprint density at radius 2 is 1.90 bits per heavy atom. The normalized spacial score (nSPS) is 12.4. The molecule has 10 heteroatoms. The Morgan fingerprint density at radius 3 is 2.52 bits per heavy atom. The van der Waals surface area contributed by atoms with Crippen molar-refractivity contribution < 1.29 is 18.1 Å². The van der Waals surface area contributed by atoms with E-state index >= 15 is 0 Å². The van der Waals surface area contributed by atoms with Gasteiger partial charge in [-0.15, -0.1) is 0 Å². The Bertz CT molecular complexity index is 1260. The number of sulfone groups is 1. The van der Waals surface area contributed by atoms with Gasteiger partial charge in [-0.25, -0.2) is 8.42 Å². The molecule has 0 saturated carbocycles. The molecule has 0 radical (unpaired) electrons. The van der Waals surface area contributed by atoms with E-state index in [1.165, 1.54) is 24.3 Å². The van der Waals surface area contributed by atoms with E-state index < -0.39 is 20.7 Å². The number of carbonyl (C=O) groups excluding carboxylic acids is 1. The molecule has 8 nitrogen and oxygen atoms in total. The molecule has 152 valence electrons. The van der Waals surface area contributed by atoms with Gasteiger partial charge >= 0.3 is 0 Å². The number of nitrogens with zero attached hydrogens (tertiary/aromatic N) is 3. The molecule has 0 spiro atoms. The van der Waals surface area contributed by atoms with Gasteiger partial charge in [-0.05, 0) is 32.0 Å². The molecule has 1 aromatic heterocycles. The Balaban J connectivity index is 1.85. The van der Waals surface area contributed by atoms with Crippen LogP contribution in [0.5, 0.6) is 0 Å². The van der Waals surface area contributed by atoms with Crippen LogP contribution >= 0.6 is 11.3 Å². The highest BCUT2D eigenvalue weighted by atomic mass is 32.2. The summed E-state index contributed by atoms with van der Waals surface area (Å²) in [6.45, 7) is 4.26. The second-order valence-corrected chi connectivity index (χ2v) is 9.54. The fourth-order valence-electron chi connectivity index (χ4n) is 2.81. The number of hydrogen-bond donors (Lipinski definition) is 0. The Hall–Kier alpha value is -2.85. The molecule has 3 rings (SSSR count). The van der Waals surface area contributed by atoms with Gasteiger partial charge < -0.3 is 4.57 Å². The van der Waals surface area contributed by atoms with Crippen LogP contribution in [0.2, 0.25) is 0 Å². The number of rotatable bonds is 6. The number of fused-ring (bicyclic) bond motifs is 1. The minimum Gasteiger partial charge on any atom is -0.317 e. The van der Waals surface area contributed by atoms with Gasteiger partial charge in [0.05, 0.1) is 25.8 Å². The summed E-state index contributed by atoms with van der Waals surface area (Å²) in [4.78, 5) is 27.4. The van der Waals surface area contributed by atoms with Gasteiger partial charge in [0.2, 0.25) is 5.91 Å². The van der Waals surface area contributed by atoms with Crippen molar-refractivity contribution >= 4 is 43.0 Å². The molecule has 0 aliphatic carbocycles. The molecule has 1 heterocycles. The Morgan fingerprint density at radius 1 is 1.21 bits per heavy atom. The van der Waals surface area contributed by atoms with Gasteiger partial charge in [-0.3, -0.25) is 14.9 Å². The second kappa shape index (κ2) is 8.26. The van der Waals surface area contributed by atoms with Crippen LogP contribution in [0.25, 0.3) is 10.2 Å². The van der Waals surface area contributed by atoms with Crippen LogP contribution in [0, 0.1) is 17.0 Å². The zero-order valence-electron chi connectivity index (χ0n) is 15.9. The molecule has 0 saturated heterocycles. The topological polar surface area (TPSA) is 112 Å². The van der Waals surface area contributed by atoms with Crippen molar-refractivity contribution in [1.29, 1.82) is 0 Å². The van der Waals surface area contributed by atoms with Crippen LogP contribution in [-0.2, 0) is 21.2 Å². The van der Waals surface area contributed by atoms with Crippen molar-refractivity contribution in [3.8, 4) is 0 Å². The average Bonchev–Trinajstić information content (AvgIpc) is 3.02. The van der Waals surface area contributed by atoms with Crippen LogP contribution in [0.15, 0.2) is 52.4 Å². The minimum absolute atomic E-state index is 0.0379. The van der Waals surface area contributed by atoms with Crippen molar-refractivity contribution in [3.63, 3.8) is 0 Å². The predicted molar refractivity (Wildman–Crippen MR) is 111 cm³/mol. The first-order chi connectivity index (χ1) is 13.7. The Kier molecular flexibility index (Phi) is 5.94. The summed E-state index contributed by atoms with van der Waals surface area (Å²) in [7, 11) is -3.58. The molecule has 0 aliphatic heterocycles. The molecule has 29 heavy (non-hydrogen) atoms.